The number of nitrogens with one attached hydrogen (secondary N) is 1. The Bertz CT molecular complexity index is 495. The minimum atomic E-state index is -1.04. The van der Waals surface area contributed by atoms with Gasteiger partial charge in [0.1, 0.15) is 0 Å². The quantitative estimate of drug-likeness (QED) is 0.902. The number of carbonyl (C=O) groups excluding carboxylic acids is 1. The lowest BCUT2D eigenvalue weighted by molar-refractivity contribution is 0.0697. The number of amides is 1. The minimum Gasteiger partial charge on any atom is -0.478 e. The van der Waals surface area contributed by atoms with Gasteiger partial charge >= 0.3 is 5.97 Å². The fraction of sp³-hybridized carbons (Fsp3) is 0.385. The number of aromatic carboxylic acids is 1. The van der Waals surface area contributed by atoms with Crippen molar-refractivity contribution in [3.63, 3.8) is 0 Å². The maximum absolute atomic E-state index is 12.0. The first-order chi connectivity index (χ1) is 8.45. The summed E-state index contributed by atoms with van der Waals surface area (Å²) >= 11 is 3.21. The van der Waals surface area contributed by atoms with Crippen LogP contribution in [-0.2, 0) is 0 Å². The molecule has 1 aromatic rings. The van der Waals surface area contributed by atoms with Crippen LogP contribution in [0.5, 0.6) is 0 Å². The second-order valence-electron chi connectivity index (χ2n) is 4.78. The predicted molar refractivity (Wildman–Crippen MR) is 70.8 cm³/mol. The molecule has 0 saturated heterocycles. The molecular weight excluding hydrogens is 298 g/mol. The third-order valence-electron chi connectivity index (χ3n) is 3.12. The van der Waals surface area contributed by atoms with Gasteiger partial charge in [0.15, 0.2) is 0 Å². The number of carboxylic acid groups (broad SMARTS) is 1. The minimum absolute atomic E-state index is 0.108. The third kappa shape index (κ3) is 2.90. The molecule has 0 aromatic heterocycles. The van der Waals surface area contributed by atoms with E-state index >= 15 is 0 Å². The first-order valence-corrected chi connectivity index (χ1v) is 6.59. The van der Waals surface area contributed by atoms with E-state index in [2.05, 4.69) is 28.2 Å². The molecule has 0 atom stereocenters. The van der Waals surface area contributed by atoms with Crippen LogP contribution in [0.2, 0.25) is 0 Å². The fourth-order valence-electron chi connectivity index (χ4n) is 2.13. The lowest BCUT2D eigenvalue weighted by Gasteiger charge is -2.33. The van der Waals surface area contributed by atoms with Crippen LogP contribution in [0.1, 0.15) is 40.5 Å². The van der Waals surface area contributed by atoms with Crippen LogP contribution in [0.25, 0.3) is 0 Å². The molecular formula is C13H14BrNO3. The van der Waals surface area contributed by atoms with Crippen molar-refractivity contribution in [3.05, 3.63) is 33.8 Å². The smallest absolute Gasteiger partial charge is 0.335 e. The largest absolute Gasteiger partial charge is 0.478 e. The number of carbonyl (C=O) groups is 2. The zero-order valence-corrected chi connectivity index (χ0v) is 11.5. The molecule has 0 bridgehead atoms. The highest BCUT2D eigenvalue weighted by atomic mass is 79.9. The molecule has 1 fully saturated rings. The average molecular weight is 312 g/mol. The van der Waals surface area contributed by atoms with E-state index in [0.29, 0.717) is 16.0 Å². The molecule has 1 saturated carbocycles. The van der Waals surface area contributed by atoms with E-state index in [1.165, 1.54) is 12.1 Å². The SMILES string of the molecule is CC1CC(NC(=O)c2cc(Br)cc(C(=O)O)c2)C1. The second kappa shape index (κ2) is 5.10. The molecule has 4 nitrogen and oxygen atoms in total. The van der Waals surface area contributed by atoms with Crippen LogP contribution in [0, 0.1) is 5.92 Å². The van der Waals surface area contributed by atoms with E-state index in [9.17, 15) is 9.59 Å². The van der Waals surface area contributed by atoms with Gasteiger partial charge in [0.25, 0.3) is 5.91 Å². The standard InChI is InChI=1S/C13H14BrNO3/c1-7-2-11(3-7)15-12(16)8-4-9(13(17)18)6-10(14)5-8/h4-7,11H,2-3H2,1H3,(H,15,16)(H,17,18). The van der Waals surface area contributed by atoms with Gasteiger partial charge in [-0.05, 0) is 37.0 Å². The molecule has 96 valence electrons. The summed E-state index contributed by atoms with van der Waals surface area (Å²) in [6.07, 6.45) is 1.98. The molecule has 1 aromatic carbocycles. The van der Waals surface area contributed by atoms with Gasteiger partial charge in [-0.25, -0.2) is 4.79 Å². The van der Waals surface area contributed by atoms with E-state index < -0.39 is 5.97 Å². The Morgan fingerprint density at radius 1 is 1.28 bits per heavy atom. The zero-order valence-electron chi connectivity index (χ0n) is 9.94. The Labute approximate surface area is 114 Å². The van der Waals surface area contributed by atoms with Gasteiger partial charge in [0.05, 0.1) is 5.56 Å². The Morgan fingerprint density at radius 2 is 1.89 bits per heavy atom. The van der Waals surface area contributed by atoms with Gasteiger partial charge in [0.2, 0.25) is 0 Å². The van der Waals surface area contributed by atoms with E-state index in [-0.39, 0.29) is 17.5 Å². The summed E-state index contributed by atoms with van der Waals surface area (Å²) in [5, 5.41) is 11.8. The first-order valence-electron chi connectivity index (χ1n) is 5.80. The van der Waals surface area contributed by atoms with Crippen molar-refractivity contribution < 1.29 is 14.7 Å². The van der Waals surface area contributed by atoms with Crippen LogP contribution in [-0.4, -0.2) is 23.0 Å². The van der Waals surface area contributed by atoms with Gasteiger partial charge < -0.3 is 10.4 Å². The Hall–Kier alpha value is -1.36. The molecule has 0 spiro atoms. The first kappa shape index (κ1) is 13.1. The number of carboxylic acids is 1. The van der Waals surface area contributed by atoms with E-state index in [1.807, 2.05) is 0 Å². The molecule has 0 heterocycles. The topological polar surface area (TPSA) is 66.4 Å². The number of hydrogen-bond acceptors (Lipinski definition) is 2. The Kier molecular flexibility index (Phi) is 3.71. The summed E-state index contributed by atoms with van der Waals surface area (Å²) in [7, 11) is 0. The van der Waals surface area contributed by atoms with E-state index in [0.717, 1.165) is 12.8 Å². The fourth-order valence-corrected chi connectivity index (χ4v) is 2.63. The summed E-state index contributed by atoms with van der Waals surface area (Å²) in [5.41, 5.74) is 0.484. The molecule has 0 radical (unpaired) electrons. The molecule has 5 heteroatoms. The maximum atomic E-state index is 12.0. The third-order valence-corrected chi connectivity index (χ3v) is 3.57. The number of benzene rings is 1. The maximum Gasteiger partial charge on any atom is 0.335 e. The second-order valence-corrected chi connectivity index (χ2v) is 5.70. The van der Waals surface area contributed by atoms with Gasteiger partial charge in [-0.15, -0.1) is 0 Å². The van der Waals surface area contributed by atoms with Crippen LogP contribution in [0.3, 0.4) is 0 Å². The van der Waals surface area contributed by atoms with Crippen molar-refractivity contribution in [3.8, 4) is 0 Å². The molecule has 1 amide bonds. The highest BCUT2D eigenvalue weighted by molar-refractivity contribution is 9.10. The van der Waals surface area contributed by atoms with Crippen molar-refractivity contribution in [2.24, 2.45) is 5.92 Å². The summed E-state index contributed by atoms with van der Waals surface area (Å²) in [5.74, 6) is -0.592. The molecule has 2 rings (SSSR count). The highest BCUT2D eigenvalue weighted by Crippen LogP contribution is 2.26. The number of rotatable bonds is 3. The molecule has 0 unspecified atom stereocenters. The van der Waals surface area contributed by atoms with E-state index in [1.54, 1.807) is 6.07 Å². The lowest BCUT2D eigenvalue weighted by atomic mass is 9.82. The summed E-state index contributed by atoms with van der Waals surface area (Å²) in [6.45, 7) is 2.14. The van der Waals surface area contributed by atoms with Crippen molar-refractivity contribution in [1.82, 2.24) is 5.32 Å². The van der Waals surface area contributed by atoms with Crippen molar-refractivity contribution in [2.75, 3.05) is 0 Å². The van der Waals surface area contributed by atoms with Crippen molar-refractivity contribution >= 4 is 27.8 Å². The number of halogens is 1. The van der Waals surface area contributed by atoms with Crippen LogP contribution < -0.4 is 5.32 Å². The summed E-state index contributed by atoms with van der Waals surface area (Å²) < 4.78 is 0.592. The van der Waals surface area contributed by atoms with Gasteiger partial charge in [0, 0.05) is 16.1 Å². The summed E-state index contributed by atoms with van der Waals surface area (Å²) in [4.78, 5) is 22.9. The van der Waals surface area contributed by atoms with Gasteiger partial charge in [-0.3, -0.25) is 4.79 Å². The number of hydrogen-bond donors (Lipinski definition) is 2. The molecule has 1 aliphatic rings. The highest BCUT2D eigenvalue weighted by Gasteiger charge is 2.27. The molecule has 1 aliphatic carbocycles. The van der Waals surface area contributed by atoms with Gasteiger partial charge in [-0.2, -0.15) is 0 Å². The monoisotopic (exact) mass is 311 g/mol. The zero-order chi connectivity index (χ0) is 13.3. The normalized spacial score (nSPS) is 22.1. The van der Waals surface area contributed by atoms with Crippen molar-refractivity contribution in [1.29, 1.82) is 0 Å². The molecule has 0 aliphatic heterocycles. The van der Waals surface area contributed by atoms with Crippen LogP contribution >= 0.6 is 15.9 Å². The Balaban J connectivity index is 2.12. The molecule has 18 heavy (non-hydrogen) atoms. The van der Waals surface area contributed by atoms with Crippen LogP contribution in [0.15, 0.2) is 22.7 Å². The Morgan fingerprint density at radius 3 is 2.44 bits per heavy atom. The molecule has 2 N–H and O–H groups in total. The van der Waals surface area contributed by atoms with Crippen LogP contribution in [0.4, 0.5) is 0 Å². The van der Waals surface area contributed by atoms with E-state index in [4.69, 9.17) is 5.11 Å². The summed E-state index contributed by atoms with van der Waals surface area (Å²) in [6, 6.07) is 4.72. The van der Waals surface area contributed by atoms with Crippen molar-refractivity contribution in [2.45, 2.75) is 25.8 Å². The lowest BCUT2D eigenvalue weighted by Crippen LogP contribution is -2.43. The average Bonchev–Trinajstić information content (AvgIpc) is 2.26. The predicted octanol–water partition coefficient (Wildman–Crippen LogP) is 2.68. The van der Waals surface area contributed by atoms with Gasteiger partial charge in [-0.1, -0.05) is 22.9 Å².